The van der Waals surface area contributed by atoms with Gasteiger partial charge < -0.3 is 9.47 Å². The summed E-state index contributed by atoms with van der Waals surface area (Å²) in [7, 11) is 0. The monoisotopic (exact) mass is 300 g/mol. The van der Waals surface area contributed by atoms with E-state index in [1.165, 1.54) is 0 Å². The van der Waals surface area contributed by atoms with E-state index in [1.807, 2.05) is 6.92 Å². The van der Waals surface area contributed by atoms with Crippen molar-refractivity contribution in [3.63, 3.8) is 0 Å². The first kappa shape index (κ1) is 19.9. The second kappa shape index (κ2) is 13.9. The summed E-state index contributed by atoms with van der Waals surface area (Å²) in [5.74, 6) is -0.375. The molecule has 0 heterocycles. The van der Waals surface area contributed by atoms with Crippen molar-refractivity contribution < 1.29 is 19.1 Å². The molecule has 0 aromatic rings. The van der Waals surface area contributed by atoms with Gasteiger partial charge in [0.1, 0.15) is 13.2 Å². The lowest BCUT2D eigenvalue weighted by atomic mass is 10.00. The summed E-state index contributed by atoms with van der Waals surface area (Å²) >= 11 is 0. The molecule has 0 fully saturated rings. The van der Waals surface area contributed by atoms with Crippen molar-refractivity contribution in [3.8, 4) is 0 Å². The standard InChI is InChI=1S/C17H32O4/c1-4-7-9-10-12-16(18)20-13-14-21-17(19)15(6-3)11-8-5-2/h15H,4-14H2,1-3H3. The normalized spacial score (nSPS) is 12.0. The number of esters is 2. The Morgan fingerprint density at radius 1 is 0.857 bits per heavy atom. The number of carbonyl (C=O) groups is 2. The molecule has 0 saturated carbocycles. The molecule has 0 rings (SSSR count). The minimum atomic E-state index is -0.194. The molecule has 0 bridgehead atoms. The van der Waals surface area contributed by atoms with E-state index in [2.05, 4.69) is 13.8 Å². The van der Waals surface area contributed by atoms with E-state index >= 15 is 0 Å². The van der Waals surface area contributed by atoms with E-state index in [9.17, 15) is 9.59 Å². The summed E-state index contributed by atoms with van der Waals surface area (Å²) in [5, 5.41) is 0. The van der Waals surface area contributed by atoms with Crippen LogP contribution < -0.4 is 0 Å². The van der Waals surface area contributed by atoms with Crippen LogP contribution in [-0.4, -0.2) is 25.2 Å². The fraction of sp³-hybridized carbons (Fsp3) is 0.882. The highest BCUT2D eigenvalue weighted by Gasteiger charge is 2.17. The first-order chi connectivity index (χ1) is 10.2. The Labute approximate surface area is 129 Å². The lowest BCUT2D eigenvalue weighted by Gasteiger charge is -2.13. The predicted octanol–water partition coefficient (Wildman–Crippen LogP) is 4.26. The van der Waals surface area contributed by atoms with Gasteiger partial charge in [0.2, 0.25) is 0 Å². The van der Waals surface area contributed by atoms with Crippen LogP contribution >= 0.6 is 0 Å². The third-order valence-electron chi connectivity index (χ3n) is 3.56. The maximum atomic E-state index is 11.8. The van der Waals surface area contributed by atoms with E-state index in [-0.39, 0.29) is 31.1 Å². The number of hydrogen-bond donors (Lipinski definition) is 0. The highest BCUT2D eigenvalue weighted by molar-refractivity contribution is 5.72. The molecule has 0 radical (unpaired) electrons. The number of unbranched alkanes of at least 4 members (excludes halogenated alkanes) is 4. The van der Waals surface area contributed by atoms with Gasteiger partial charge in [-0.05, 0) is 19.3 Å². The van der Waals surface area contributed by atoms with Crippen LogP contribution in [0.4, 0.5) is 0 Å². The van der Waals surface area contributed by atoms with E-state index < -0.39 is 0 Å². The number of rotatable bonds is 13. The highest BCUT2D eigenvalue weighted by atomic mass is 16.6. The largest absolute Gasteiger partial charge is 0.462 e. The van der Waals surface area contributed by atoms with E-state index in [0.29, 0.717) is 6.42 Å². The molecule has 1 atom stereocenters. The van der Waals surface area contributed by atoms with Crippen molar-refractivity contribution in [2.24, 2.45) is 5.92 Å². The summed E-state index contributed by atoms with van der Waals surface area (Å²) in [5.41, 5.74) is 0. The Kier molecular flexibility index (Phi) is 13.2. The zero-order valence-corrected chi connectivity index (χ0v) is 14.0. The average Bonchev–Trinajstić information content (AvgIpc) is 2.49. The van der Waals surface area contributed by atoms with E-state index in [1.54, 1.807) is 0 Å². The molecule has 0 aliphatic rings. The topological polar surface area (TPSA) is 52.6 Å². The highest BCUT2D eigenvalue weighted by Crippen LogP contribution is 2.14. The zero-order valence-electron chi connectivity index (χ0n) is 14.0. The summed E-state index contributed by atoms with van der Waals surface area (Å²) in [6.07, 6.45) is 8.52. The molecule has 4 heteroatoms. The molecule has 0 N–H and O–H groups in total. The first-order valence-corrected chi connectivity index (χ1v) is 8.47. The molecule has 4 nitrogen and oxygen atoms in total. The summed E-state index contributed by atoms with van der Waals surface area (Å²) < 4.78 is 10.2. The first-order valence-electron chi connectivity index (χ1n) is 8.47. The molecular weight excluding hydrogens is 268 g/mol. The van der Waals surface area contributed by atoms with Crippen molar-refractivity contribution in [1.82, 2.24) is 0 Å². The summed E-state index contributed by atoms with van der Waals surface area (Å²) in [4.78, 5) is 23.2. The Morgan fingerprint density at radius 2 is 1.52 bits per heavy atom. The molecule has 0 aromatic carbocycles. The van der Waals surface area contributed by atoms with Gasteiger partial charge in [-0.3, -0.25) is 9.59 Å². The molecular formula is C17H32O4. The SMILES string of the molecule is CCCCCCC(=O)OCCOC(=O)C(CC)CCCC. The van der Waals surface area contributed by atoms with Crippen molar-refractivity contribution in [1.29, 1.82) is 0 Å². The van der Waals surface area contributed by atoms with Gasteiger partial charge in [-0.2, -0.15) is 0 Å². The van der Waals surface area contributed by atoms with Gasteiger partial charge in [0.15, 0.2) is 0 Å². The van der Waals surface area contributed by atoms with Gasteiger partial charge in [0.25, 0.3) is 0 Å². The lowest BCUT2D eigenvalue weighted by Crippen LogP contribution is -2.20. The predicted molar refractivity (Wildman–Crippen MR) is 84.0 cm³/mol. The minimum absolute atomic E-state index is 0.0188. The molecule has 0 aliphatic carbocycles. The van der Waals surface area contributed by atoms with Crippen molar-refractivity contribution >= 4 is 11.9 Å². The van der Waals surface area contributed by atoms with Crippen LogP contribution in [0.2, 0.25) is 0 Å². The van der Waals surface area contributed by atoms with Gasteiger partial charge >= 0.3 is 11.9 Å². The molecule has 0 saturated heterocycles. The van der Waals surface area contributed by atoms with Crippen LogP contribution in [0, 0.1) is 5.92 Å². The zero-order chi connectivity index (χ0) is 15.9. The van der Waals surface area contributed by atoms with E-state index in [0.717, 1.165) is 51.4 Å². The summed E-state index contributed by atoms with van der Waals surface area (Å²) in [6.45, 7) is 6.58. The van der Waals surface area contributed by atoms with Crippen LogP contribution in [0.3, 0.4) is 0 Å². The molecule has 1 unspecified atom stereocenters. The third kappa shape index (κ3) is 11.3. The Balaban J connectivity index is 3.63. The van der Waals surface area contributed by atoms with Gasteiger partial charge in [-0.25, -0.2) is 0 Å². The fourth-order valence-electron chi connectivity index (χ4n) is 2.12. The van der Waals surface area contributed by atoms with Gasteiger partial charge in [0, 0.05) is 6.42 Å². The molecule has 0 aromatic heterocycles. The van der Waals surface area contributed by atoms with Gasteiger partial charge in [-0.1, -0.05) is 52.9 Å². The van der Waals surface area contributed by atoms with Crippen LogP contribution in [0.5, 0.6) is 0 Å². The second-order valence-electron chi connectivity index (χ2n) is 5.45. The maximum absolute atomic E-state index is 11.8. The quantitative estimate of drug-likeness (QED) is 0.377. The van der Waals surface area contributed by atoms with Gasteiger partial charge in [0.05, 0.1) is 5.92 Å². The maximum Gasteiger partial charge on any atom is 0.309 e. The smallest absolute Gasteiger partial charge is 0.309 e. The van der Waals surface area contributed by atoms with E-state index in [4.69, 9.17) is 9.47 Å². The second-order valence-corrected chi connectivity index (χ2v) is 5.45. The minimum Gasteiger partial charge on any atom is -0.462 e. The van der Waals surface area contributed by atoms with Crippen molar-refractivity contribution in [2.75, 3.05) is 13.2 Å². The Bertz CT molecular complexity index is 276. The van der Waals surface area contributed by atoms with Crippen molar-refractivity contribution in [2.45, 2.75) is 78.6 Å². The van der Waals surface area contributed by atoms with Crippen LogP contribution in [0.15, 0.2) is 0 Å². The number of carbonyl (C=O) groups excluding carboxylic acids is 2. The molecule has 0 aliphatic heterocycles. The molecule has 21 heavy (non-hydrogen) atoms. The lowest BCUT2D eigenvalue weighted by molar-refractivity contribution is -0.155. The Hall–Kier alpha value is -1.06. The third-order valence-corrected chi connectivity index (χ3v) is 3.56. The fourth-order valence-corrected chi connectivity index (χ4v) is 2.12. The summed E-state index contributed by atoms with van der Waals surface area (Å²) in [6, 6.07) is 0. The molecule has 0 spiro atoms. The van der Waals surface area contributed by atoms with Crippen molar-refractivity contribution in [3.05, 3.63) is 0 Å². The average molecular weight is 300 g/mol. The molecule has 124 valence electrons. The number of ether oxygens (including phenoxy) is 2. The number of hydrogen-bond acceptors (Lipinski definition) is 4. The van der Waals surface area contributed by atoms with Gasteiger partial charge in [-0.15, -0.1) is 0 Å². The Morgan fingerprint density at radius 3 is 2.14 bits per heavy atom. The van der Waals surface area contributed by atoms with Crippen LogP contribution in [0.1, 0.15) is 78.6 Å². The molecule has 0 amide bonds. The van der Waals surface area contributed by atoms with Crippen LogP contribution in [-0.2, 0) is 19.1 Å². The van der Waals surface area contributed by atoms with Crippen LogP contribution in [0.25, 0.3) is 0 Å².